The quantitative estimate of drug-likeness (QED) is 0.236. The maximum absolute atomic E-state index is 13.8. The number of carbonyl (C=O) groups is 1. The Morgan fingerprint density at radius 2 is 1.81 bits per heavy atom. The van der Waals surface area contributed by atoms with Gasteiger partial charge in [0.2, 0.25) is 10.0 Å². The number of allylic oxidation sites excluding steroid dienone is 1. The van der Waals surface area contributed by atoms with Crippen LogP contribution in [0.4, 0.5) is 4.39 Å². The number of rotatable bonds is 7. The van der Waals surface area contributed by atoms with E-state index < -0.39 is 21.7 Å². The monoisotopic (exact) mass is 523 g/mol. The lowest BCUT2D eigenvalue weighted by molar-refractivity contribution is -0.114. The smallest absolute Gasteiger partial charge is 0.257 e. The number of fused-ring (bicyclic) bond motifs is 1. The van der Waals surface area contributed by atoms with E-state index in [0.717, 1.165) is 51.1 Å². The second kappa shape index (κ2) is 10.5. The van der Waals surface area contributed by atoms with E-state index in [9.17, 15) is 17.6 Å². The van der Waals surface area contributed by atoms with Crippen LogP contribution >= 0.6 is 11.6 Å². The summed E-state index contributed by atoms with van der Waals surface area (Å²) in [5.41, 5.74) is 6.07. The number of nitrogens with one attached hydrogen (secondary N) is 2. The molecule has 2 N–H and O–H groups in total. The number of benzene rings is 3. The summed E-state index contributed by atoms with van der Waals surface area (Å²) >= 11 is 6.46. The summed E-state index contributed by atoms with van der Waals surface area (Å²) in [6.07, 6.45) is 6.00. The molecule has 0 saturated carbocycles. The second-order valence-electron chi connectivity index (χ2n) is 8.20. The molecule has 184 valence electrons. The van der Waals surface area contributed by atoms with Crippen molar-refractivity contribution >= 4 is 55.7 Å². The molecular weight excluding hydrogens is 501 g/mol. The first-order valence-electron chi connectivity index (χ1n) is 11.1. The van der Waals surface area contributed by atoms with E-state index in [4.69, 9.17) is 11.6 Å². The topological polar surface area (TPSA) is 91.9 Å². The number of carbonyl (C=O) groups excluding carboxylic acids is 1. The van der Waals surface area contributed by atoms with E-state index in [1.165, 1.54) is 18.2 Å². The fourth-order valence-electron chi connectivity index (χ4n) is 4.00. The number of hydrogen-bond acceptors (Lipinski definition) is 4. The molecule has 9 heteroatoms. The number of H-pyrrole nitrogens is 1. The molecule has 6 nitrogen and oxygen atoms in total. The van der Waals surface area contributed by atoms with Crippen molar-refractivity contribution in [3.63, 3.8) is 0 Å². The van der Waals surface area contributed by atoms with Gasteiger partial charge in [-0.1, -0.05) is 54.9 Å². The lowest BCUT2D eigenvalue weighted by Crippen LogP contribution is -2.27. The average molecular weight is 524 g/mol. The first-order chi connectivity index (χ1) is 17.1. The van der Waals surface area contributed by atoms with Gasteiger partial charge >= 0.3 is 0 Å². The van der Waals surface area contributed by atoms with Crippen LogP contribution in [0, 0.1) is 5.82 Å². The van der Waals surface area contributed by atoms with Crippen molar-refractivity contribution in [2.75, 3.05) is 6.26 Å². The molecule has 1 aromatic heterocycles. The van der Waals surface area contributed by atoms with Crippen molar-refractivity contribution in [3.05, 3.63) is 106 Å². The first-order valence-corrected chi connectivity index (χ1v) is 13.3. The Kier molecular flexibility index (Phi) is 7.37. The van der Waals surface area contributed by atoms with Gasteiger partial charge in [0.15, 0.2) is 0 Å². The third kappa shape index (κ3) is 5.90. The Bertz CT molecular complexity index is 1610. The van der Waals surface area contributed by atoms with E-state index in [-0.39, 0.29) is 0 Å². The maximum Gasteiger partial charge on any atom is 0.257 e. The number of sulfonamides is 1. The third-order valence-electron chi connectivity index (χ3n) is 5.55. The van der Waals surface area contributed by atoms with Gasteiger partial charge in [-0.2, -0.15) is 5.10 Å². The minimum Gasteiger partial charge on any atom is -0.278 e. The van der Waals surface area contributed by atoms with Crippen LogP contribution in [0.5, 0.6) is 0 Å². The SMILES string of the molecule is CC/C(=C(/c1ccc(/C=C/C(=O)NS(C)(=O)=O)cc1)c1ccc2[nH]ncc2c1)c1ccc(F)cc1Cl. The van der Waals surface area contributed by atoms with Crippen molar-refractivity contribution in [1.82, 2.24) is 14.9 Å². The molecular formula is C27H23ClFN3O3S. The van der Waals surface area contributed by atoms with Crippen LogP contribution < -0.4 is 4.72 Å². The molecule has 0 spiro atoms. The van der Waals surface area contributed by atoms with Gasteiger partial charge in [-0.25, -0.2) is 17.5 Å². The molecule has 1 amide bonds. The zero-order chi connectivity index (χ0) is 25.9. The predicted molar refractivity (Wildman–Crippen MR) is 142 cm³/mol. The lowest BCUT2D eigenvalue weighted by atomic mass is 9.87. The van der Waals surface area contributed by atoms with E-state index in [1.54, 1.807) is 12.3 Å². The zero-order valence-corrected chi connectivity index (χ0v) is 21.1. The molecule has 4 rings (SSSR count). The highest BCUT2D eigenvalue weighted by Gasteiger charge is 2.16. The van der Waals surface area contributed by atoms with Crippen LogP contribution in [0.15, 0.2) is 72.9 Å². The van der Waals surface area contributed by atoms with Gasteiger partial charge in [-0.05, 0) is 70.2 Å². The van der Waals surface area contributed by atoms with E-state index in [2.05, 4.69) is 10.2 Å². The molecule has 0 radical (unpaired) electrons. The van der Waals surface area contributed by atoms with Crippen LogP contribution in [0.3, 0.4) is 0 Å². The molecule has 36 heavy (non-hydrogen) atoms. The van der Waals surface area contributed by atoms with Crippen LogP contribution in [0.25, 0.3) is 28.1 Å². The van der Waals surface area contributed by atoms with Gasteiger partial charge in [0.1, 0.15) is 5.82 Å². The number of nitrogens with zero attached hydrogens (tertiary/aromatic N) is 1. The molecule has 0 unspecified atom stereocenters. The van der Waals surface area contributed by atoms with Crippen LogP contribution in [-0.2, 0) is 14.8 Å². The molecule has 0 bridgehead atoms. The number of hydrogen-bond donors (Lipinski definition) is 2. The fourth-order valence-corrected chi connectivity index (χ4v) is 4.71. The molecule has 3 aromatic carbocycles. The molecule has 4 aromatic rings. The van der Waals surface area contributed by atoms with Crippen molar-refractivity contribution < 1.29 is 17.6 Å². The van der Waals surface area contributed by atoms with Crippen LogP contribution in [0.2, 0.25) is 5.02 Å². The molecule has 1 heterocycles. The molecule has 0 atom stereocenters. The third-order valence-corrected chi connectivity index (χ3v) is 6.44. The Balaban J connectivity index is 1.81. The largest absolute Gasteiger partial charge is 0.278 e. The van der Waals surface area contributed by atoms with Gasteiger partial charge in [-0.3, -0.25) is 9.89 Å². The predicted octanol–water partition coefficient (Wildman–Crippen LogP) is 5.81. The minimum absolute atomic E-state index is 0.324. The van der Waals surface area contributed by atoms with Crippen LogP contribution in [0.1, 0.15) is 35.6 Å². The minimum atomic E-state index is -3.63. The zero-order valence-electron chi connectivity index (χ0n) is 19.5. The summed E-state index contributed by atoms with van der Waals surface area (Å²) < 4.78 is 38.1. The number of aromatic nitrogens is 2. The lowest BCUT2D eigenvalue weighted by Gasteiger charge is -2.18. The van der Waals surface area contributed by atoms with Crippen molar-refractivity contribution in [3.8, 4) is 0 Å². The highest BCUT2D eigenvalue weighted by atomic mass is 35.5. The first kappa shape index (κ1) is 25.3. The van der Waals surface area contributed by atoms with E-state index >= 15 is 0 Å². The normalized spacial score (nSPS) is 12.7. The average Bonchev–Trinajstić information content (AvgIpc) is 3.29. The van der Waals surface area contributed by atoms with Gasteiger partial charge in [-0.15, -0.1) is 0 Å². The van der Waals surface area contributed by atoms with Gasteiger partial charge in [0.05, 0.1) is 23.0 Å². The summed E-state index contributed by atoms with van der Waals surface area (Å²) in [6.45, 7) is 2.02. The Morgan fingerprint density at radius 1 is 1.08 bits per heavy atom. The number of aromatic amines is 1. The van der Waals surface area contributed by atoms with E-state index in [1.807, 2.05) is 54.1 Å². The summed E-state index contributed by atoms with van der Waals surface area (Å²) in [7, 11) is -3.63. The maximum atomic E-state index is 13.8. The Hall–Kier alpha value is -3.75. The van der Waals surface area contributed by atoms with Gasteiger partial charge in [0.25, 0.3) is 5.91 Å². The molecule has 0 aliphatic rings. The van der Waals surface area contributed by atoms with Gasteiger partial charge in [0, 0.05) is 11.5 Å². The molecule has 0 saturated heterocycles. The summed E-state index contributed by atoms with van der Waals surface area (Å²) in [6, 6.07) is 17.8. The summed E-state index contributed by atoms with van der Waals surface area (Å²) in [4.78, 5) is 11.8. The summed E-state index contributed by atoms with van der Waals surface area (Å²) in [5.74, 6) is -1.13. The molecule has 0 fully saturated rings. The number of halogens is 2. The summed E-state index contributed by atoms with van der Waals surface area (Å²) in [5, 5.41) is 8.33. The van der Waals surface area contributed by atoms with Crippen molar-refractivity contribution in [2.24, 2.45) is 0 Å². The highest BCUT2D eigenvalue weighted by molar-refractivity contribution is 7.89. The second-order valence-corrected chi connectivity index (χ2v) is 10.4. The number of amides is 1. The van der Waals surface area contributed by atoms with Crippen molar-refractivity contribution in [1.29, 1.82) is 0 Å². The molecule has 0 aliphatic heterocycles. The standard InChI is InChI=1S/C27H23ClFN3O3S/c1-3-22(23-11-10-21(29)15-24(23)28)27(19-9-12-25-20(14-19)16-30-31-25)18-7-4-17(5-8-18)6-13-26(33)32-36(2,34)35/h4-16H,3H2,1-2H3,(H,30,31)(H,32,33)/b13-6+,27-22+. The Morgan fingerprint density at radius 3 is 2.47 bits per heavy atom. The Labute approximate surface area is 213 Å². The van der Waals surface area contributed by atoms with Crippen molar-refractivity contribution in [2.45, 2.75) is 13.3 Å². The highest BCUT2D eigenvalue weighted by Crippen LogP contribution is 2.38. The van der Waals surface area contributed by atoms with Crippen LogP contribution in [-0.4, -0.2) is 30.8 Å². The van der Waals surface area contributed by atoms with E-state index in [0.29, 0.717) is 17.0 Å². The van der Waals surface area contributed by atoms with Gasteiger partial charge < -0.3 is 0 Å². The fraction of sp³-hybridized carbons (Fsp3) is 0.111. The molecule has 0 aliphatic carbocycles.